The Balaban J connectivity index is 2.04. The highest BCUT2D eigenvalue weighted by molar-refractivity contribution is 5.87. The number of carboxylic acids is 1. The van der Waals surface area contributed by atoms with Gasteiger partial charge in [0.15, 0.2) is 0 Å². The summed E-state index contributed by atoms with van der Waals surface area (Å²) in [6, 6.07) is 4.45. The number of nitrogens with zero attached hydrogens (tertiary/aromatic N) is 1. The van der Waals surface area contributed by atoms with E-state index in [9.17, 15) is 9.18 Å². The van der Waals surface area contributed by atoms with E-state index in [1.807, 2.05) is 7.05 Å². The van der Waals surface area contributed by atoms with Gasteiger partial charge in [-0.05, 0) is 56.3 Å². The van der Waals surface area contributed by atoms with Crippen molar-refractivity contribution in [2.45, 2.75) is 52.1 Å². The molecule has 1 N–H and O–H groups in total. The zero-order chi connectivity index (χ0) is 15.6. The van der Waals surface area contributed by atoms with Crippen LogP contribution in [0.1, 0.15) is 55.5 Å². The molecule has 0 aliphatic heterocycles. The molecular formula is C17H24FNO2. The van der Waals surface area contributed by atoms with E-state index in [1.165, 1.54) is 31.0 Å². The van der Waals surface area contributed by atoms with E-state index in [2.05, 4.69) is 18.7 Å². The molecule has 0 radical (unpaired) electrons. The second kappa shape index (κ2) is 6.14. The first-order valence-electron chi connectivity index (χ1n) is 7.50. The van der Waals surface area contributed by atoms with Crippen LogP contribution in [0.2, 0.25) is 0 Å². The van der Waals surface area contributed by atoms with Crippen LogP contribution in [0, 0.1) is 11.2 Å². The molecule has 1 aliphatic carbocycles. The summed E-state index contributed by atoms with van der Waals surface area (Å²) in [6.07, 6.45) is 4.59. The van der Waals surface area contributed by atoms with Crippen LogP contribution in [0.15, 0.2) is 18.2 Å². The van der Waals surface area contributed by atoms with Crippen molar-refractivity contribution in [2.24, 2.45) is 5.41 Å². The molecule has 0 amide bonds. The molecule has 0 aromatic heterocycles. The largest absolute Gasteiger partial charge is 0.478 e. The lowest BCUT2D eigenvalue weighted by Gasteiger charge is -2.38. The van der Waals surface area contributed by atoms with Gasteiger partial charge in [0.1, 0.15) is 5.82 Å². The molecule has 1 saturated carbocycles. The maximum atomic E-state index is 13.9. The second-order valence-corrected chi connectivity index (χ2v) is 6.92. The van der Waals surface area contributed by atoms with Gasteiger partial charge in [-0.15, -0.1) is 0 Å². The first kappa shape index (κ1) is 16.0. The summed E-state index contributed by atoms with van der Waals surface area (Å²) >= 11 is 0. The highest BCUT2D eigenvalue weighted by atomic mass is 19.1. The fourth-order valence-electron chi connectivity index (χ4n) is 3.05. The standard InChI is InChI=1S/C17H24FNO2/c1-17(2)8-6-14(7-9-17)19(3)11-13-10-12(16(20)21)4-5-15(13)18/h4-5,10,14H,6-9,11H2,1-3H3,(H,20,21). The van der Waals surface area contributed by atoms with Gasteiger partial charge in [-0.3, -0.25) is 4.90 Å². The van der Waals surface area contributed by atoms with Crippen molar-refractivity contribution in [3.05, 3.63) is 35.1 Å². The van der Waals surface area contributed by atoms with Crippen molar-refractivity contribution in [3.8, 4) is 0 Å². The van der Waals surface area contributed by atoms with E-state index in [4.69, 9.17) is 5.11 Å². The molecule has 21 heavy (non-hydrogen) atoms. The molecule has 0 unspecified atom stereocenters. The molecule has 4 heteroatoms. The van der Waals surface area contributed by atoms with Crippen molar-refractivity contribution >= 4 is 5.97 Å². The average molecular weight is 293 g/mol. The van der Waals surface area contributed by atoms with Crippen molar-refractivity contribution in [1.82, 2.24) is 4.90 Å². The molecule has 1 fully saturated rings. The smallest absolute Gasteiger partial charge is 0.335 e. The summed E-state index contributed by atoms with van der Waals surface area (Å²) in [5, 5.41) is 9.00. The first-order valence-corrected chi connectivity index (χ1v) is 7.50. The van der Waals surface area contributed by atoms with E-state index < -0.39 is 5.97 Å². The molecular weight excluding hydrogens is 269 g/mol. The fraction of sp³-hybridized carbons (Fsp3) is 0.588. The van der Waals surface area contributed by atoms with Gasteiger partial charge < -0.3 is 5.11 Å². The predicted molar refractivity (Wildman–Crippen MR) is 80.9 cm³/mol. The second-order valence-electron chi connectivity index (χ2n) is 6.92. The molecule has 1 aromatic carbocycles. The van der Waals surface area contributed by atoms with Gasteiger partial charge in [-0.1, -0.05) is 13.8 Å². The first-order chi connectivity index (χ1) is 9.78. The van der Waals surface area contributed by atoms with Crippen LogP contribution in [-0.2, 0) is 6.54 Å². The summed E-state index contributed by atoms with van der Waals surface area (Å²) < 4.78 is 13.9. The summed E-state index contributed by atoms with van der Waals surface area (Å²) in [5.41, 5.74) is 1.01. The molecule has 0 spiro atoms. The number of hydrogen-bond acceptors (Lipinski definition) is 2. The lowest BCUT2D eigenvalue weighted by atomic mass is 9.75. The highest BCUT2D eigenvalue weighted by Gasteiger charge is 2.29. The number of carboxylic acid groups (broad SMARTS) is 1. The third kappa shape index (κ3) is 4.03. The summed E-state index contributed by atoms with van der Waals surface area (Å²) in [6.45, 7) is 5.04. The van der Waals surface area contributed by atoms with Crippen LogP contribution in [0.5, 0.6) is 0 Å². The molecule has 0 atom stereocenters. The SMILES string of the molecule is CN(Cc1cc(C(=O)O)ccc1F)C1CCC(C)(C)CC1. The van der Waals surface area contributed by atoms with Crippen LogP contribution in [0.4, 0.5) is 4.39 Å². The Morgan fingerprint density at radius 3 is 2.57 bits per heavy atom. The Bertz CT molecular complexity index is 518. The minimum absolute atomic E-state index is 0.143. The minimum Gasteiger partial charge on any atom is -0.478 e. The topological polar surface area (TPSA) is 40.5 Å². The molecule has 0 heterocycles. The fourth-order valence-corrected chi connectivity index (χ4v) is 3.05. The average Bonchev–Trinajstić information content (AvgIpc) is 2.40. The zero-order valence-electron chi connectivity index (χ0n) is 13.0. The van der Waals surface area contributed by atoms with Gasteiger partial charge in [0.2, 0.25) is 0 Å². The molecule has 0 saturated heterocycles. The van der Waals surface area contributed by atoms with Gasteiger partial charge in [0.25, 0.3) is 0 Å². The number of benzene rings is 1. The lowest BCUT2D eigenvalue weighted by molar-refractivity contribution is 0.0696. The Morgan fingerprint density at radius 2 is 2.00 bits per heavy atom. The lowest BCUT2D eigenvalue weighted by Crippen LogP contribution is -2.37. The summed E-state index contributed by atoms with van der Waals surface area (Å²) in [5.74, 6) is -1.35. The molecule has 1 aliphatic rings. The molecule has 3 nitrogen and oxygen atoms in total. The summed E-state index contributed by atoms with van der Waals surface area (Å²) in [7, 11) is 2.00. The summed E-state index contributed by atoms with van der Waals surface area (Å²) in [4.78, 5) is 13.1. The van der Waals surface area contributed by atoms with Crippen LogP contribution in [-0.4, -0.2) is 29.1 Å². The van der Waals surface area contributed by atoms with Crippen molar-refractivity contribution in [2.75, 3.05) is 7.05 Å². The van der Waals surface area contributed by atoms with E-state index in [0.29, 0.717) is 23.6 Å². The van der Waals surface area contributed by atoms with Crippen molar-refractivity contribution in [1.29, 1.82) is 0 Å². The van der Waals surface area contributed by atoms with Gasteiger partial charge in [-0.2, -0.15) is 0 Å². The maximum absolute atomic E-state index is 13.9. The minimum atomic E-state index is -1.02. The Labute approximate surface area is 125 Å². The van der Waals surface area contributed by atoms with Gasteiger partial charge in [-0.25, -0.2) is 9.18 Å². The van der Waals surface area contributed by atoms with E-state index in [-0.39, 0.29) is 11.4 Å². The molecule has 1 aromatic rings. The van der Waals surface area contributed by atoms with Gasteiger partial charge in [0.05, 0.1) is 5.56 Å². The third-order valence-corrected chi connectivity index (χ3v) is 4.64. The monoisotopic (exact) mass is 293 g/mol. The predicted octanol–water partition coefficient (Wildman–Crippen LogP) is 3.92. The number of rotatable bonds is 4. The molecule has 2 rings (SSSR count). The maximum Gasteiger partial charge on any atom is 0.335 e. The Hall–Kier alpha value is -1.42. The normalized spacial score (nSPS) is 18.9. The van der Waals surface area contributed by atoms with Crippen LogP contribution >= 0.6 is 0 Å². The van der Waals surface area contributed by atoms with E-state index in [0.717, 1.165) is 12.8 Å². The number of hydrogen-bond donors (Lipinski definition) is 1. The number of halogens is 1. The Morgan fingerprint density at radius 1 is 1.38 bits per heavy atom. The van der Waals surface area contributed by atoms with Crippen molar-refractivity contribution in [3.63, 3.8) is 0 Å². The number of carbonyl (C=O) groups is 1. The third-order valence-electron chi connectivity index (χ3n) is 4.64. The van der Waals surface area contributed by atoms with Gasteiger partial charge >= 0.3 is 5.97 Å². The van der Waals surface area contributed by atoms with Crippen LogP contribution in [0.25, 0.3) is 0 Å². The van der Waals surface area contributed by atoms with Crippen LogP contribution < -0.4 is 0 Å². The molecule has 0 bridgehead atoms. The number of aromatic carboxylic acids is 1. The quantitative estimate of drug-likeness (QED) is 0.914. The highest BCUT2D eigenvalue weighted by Crippen LogP contribution is 2.36. The zero-order valence-corrected chi connectivity index (χ0v) is 13.0. The van der Waals surface area contributed by atoms with E-state index >= 15 is 0 Å². The van der Waals surface area contributed by atoms with Gasteiger partial charge in [0, 0.05) is 18.2 Å². The Kier molecular flexibility index (Phi) is 4.67. The van der Waals surface area contributed by atoms with Crippen LogP contribution in [0.3, 0.4) is 0 Å². The van der Waals surface area contributed by atoms with Crippen molar-refractivity contribution < 1.29 is 14.3 Å². The molecule has 116 valence electrons. The van der Waals surface area contributed by atoms with E-state index in [1.54, 1.807) is 0 Å².